The summed E-state index contributed by atoms with van der Waals surface area (Å²) >= 11 is 0. The summed E-state index contributed by atoms with van der Waals surface area (Å²) in [5.41, 5.74) is -0.727. The number of aromatic amines is 1. The van der Waals surface area contributed by atoms with Crippen molar-refractivity contribution in [2.75, 3.05) is 45.8 Å². The van der Waals surface area contributed by atoms with Gasteiger partial charge in [-0.2, -0.15) is 0 Å². The number of amides is 3. The first-order valence-electron chi connectivity index (χ1n) is 14.2. The van der Waals surface area contributed by atoms with Gasteiger partial charge < -0.3 is 30.1 Å². The Morgan fingerprint density at radius 2 is 1.62 bits per heavy atom. The van der Waals surface area contributed by atoms with Crippen molar-refractivity contribution in [3.8, 4) is 0 Å². The van der Waals surface area contributed by atoms with Crippen LogP contribution in [0.5, 0.6) is 0 Å². The van der Waals surface area contributed by atoms with E-state index in [0.717, 1.165) is 48.3 Å². The fraction of sp³-hybridized carbons (Fsp3) is 0.536. The quantitative estimate of drug-likeness (QED) is 0.265. The molecule has 42 heavy (non-hydrogen) atoms. The number of aliphatic hydroxyl groups excluding tert-OH is 2. The monoisotopic (exact) mass is 584 g/mol. The molecule has 5 atom stereocenters. The standard InChI is InChI=1S/C28H36N6O8/c35-20-8-11-34(28(41)30-20)27-23(38)22(37)24(42-27)25(39)29-19(16-18-6-2-1-3-7-18)26(40)33-14-12-31(13-15-33)17-21(36)32-9-4-5-10-32/h1-3,6-8,11,19,22-24,27,37-38H,4-5,9-10,12-17H2,(H,29,39)(H,30,35,41)/t19-,22+,23-,24+,27-/m1/s1. The van der Waals surface area contributed by atoms with Crippen LogP contribution in [-0.2, 0) is 25.5 Å². The van der Waals surface area contributed by atoms with Crippen molar-refractivity contribution in [1.82, 2.24) is 29.6 Å². The van der Waals surface area contributed by atoms with Gasteiger partial charge in [-0.05, 0) is 18.4 Å². The number of nitrogens with zero attached hydrogens (tertiary/aromatic N) is 4. The van der Waals surface area contributed by atoms with E-state index in [0.29, 0.717) is 32.7 Å². The van der Waals surface area contributed by atoms with Crippen LogP contribution < -0.4 is 16.6 Å². The van der Waals surface area contributed by atoms with Crippen molar-refractivity contribution in [2.45, 2.75) is 49.8 Å². The Hall–Kier alpha value is -3.85. The highest BCUT2D eigenvalue weighted by molar-refractivity contribution is 5.90. The number of carbonyl (C=O) groups is 3. The summed E-state index contributed by atoms with van der Waals surface area (Å²) in [6.07, 6.45) is -3.03. The molecule has 0 radical (unpaired) electrons. The minimum absolute atomic E-state index is 0.0984. The Labute approximate surface area is 241 Å². The van der Waals surface area contributed by atoms with Crippen molar-refractivity contribution >= 4 is 17.7 Å². The van der Waals surface area contributed by atoms with Gasteiger partial charge in [0.25, 0.3) is 11.5 Å². The number of likely N-dealkylation sites (tertiary alicyclic amines) is 1. The van der Waals surface area contributed by atoms with Gasteiger partial charge in [-0.1, -0.05) is 30.3 Å². The molecule has 0 saturated carbocycles. The molecular weight excluding hydrogens is 548 g/mol. The van der Waals surface area contributed by atoms with Gasteiger partial charge in [0.1, 0.15) is 18.2 Å². The Balaban J connectivity index is 1.25. The molecule has 0 spiro atoms. The van der Waals surface area contributed by atoms with Gasteiger partial charge in [-0.15, -0.1) is 0 Å². The zero-order valence-corrected chi connectivity index (χ0v) is 23.1. The lowest BCUT2D eigenvalue weighted by molar-refractivity contribution is -0.144. The molecule has 226 valence electrons. The van der Waals surface area contributed by atoms with Crippen molar-refractivity contribution in [3.63, 3.8) is 0 Å². The molecule has 3 amide bonds. The third kappa shape index (κ3) is 6.62. The van der Waals surface area contributed by atoms with Gasteiger partial charge in [0.2, 0.25) is 11.8 Å². The summed E-state index contributed by atoms with van der Waals surface area (Å²) in [6.45, 7) is 3.68. The van der Waals surface area contributed by atoms with Crippen molar-refractivity contribution in [3.05, 3.63) is 69.0 Å². The third-order valence-corrected chi connectivity index (χ3v) is 8.02. The molecule has 0 aliphatic carbocycles. The molecule has 3 aliphatic rings. The van der Waals surface area contributed by atoms with Gasteiger partial charge in [0.05, 0.1) is 6.54 Å². The smallest absolute Gasteiger partial charge is 0.330 e. The fourth-order valence-corrected chi connectivity index (χ4v) is 5.64. The second-order valence-corrected chi connectivity index (χ2v) is 10.9. The first-order valence-corrected chi connectivity index (χ1v) is 14.2. The highest BCUT2D eigenvalue weighted by Gasteiger charge is 2.48. The van der Waals surface area contributed by atoms with Crippen LogP contribution in [0.15, 0.2) is 52.2 Å². The highest BCUT2D eigenvalue weighted by Crippen LogP contribution is 2.28. The lowest BCUT2D eigenvalue weighted by atomic mass is 10.0. The first-order chi connectivity index (χ1) is 20.2. The molecule has 14 nitrogen and oxygen atoms in total. The molecule has 4 N–H and O–H groups in total. The van der Waals surface area contributed by atoms with Crippen LogP contribution in [0.2, 0.25) is 0 Å². The van der Waals surface area contributed by atoms with Crippen LogP contribution in [0.25, 0.3) is 0 Å². The SMILES string of the molecule is O=C(N[C@H](Cc1ccccc1)C(=O)N1CCN(CC(=O)N2CCCC2)CC1)[C@H]1O[C@@H](n2ccc(=O)[nH]c2=O)[C@H](O)[C@@H]1O. The number of piperazine rings is 1. The number of aromatic nitrogens is 2. The molecule has 1 aromatic heterocycles. The fourth-order valence-electron chi connectivity index (χ4n) is 5.64. The molecule has 3 aliphatic heterocycles. The van der Waals surface area contributed by atoms with Gasteiger partial charge in [-0.3, -0.25) is 33.6 Å². The van der Waals surface area contributed by atoms with Crippen LogP contribution in [-0.4, -0.2) is 122 Å². The predicted molar refractivity (Wildman–Crippen MR) is 148 cm³/mol. The van der Waals surface area contributed by atoms with E-state index in [9.17, 15) is 34.2 Å². The van der Waals surface area contributed by atoms with E-state index in [4.69, 9.17) is 4.74 Å². The number of H-pyrrole nitrogens is 1. The van der Waals surface area contributed by atoms with Gasteiger partial charge in [-0.25, -0.2) is 4.79 Å². The van der Waals surface area contributed by atoms with Crippen LogP contribution in [0.3, 0.4) is 0 Å². The van der Waals surface area contributed by atoms with E-state index >= 15 is 0 Å². The Morgan fingerprint density at radius 3 is 2.29 bits per heavy atom. The maximum absolute atomic E-state index is 13.7. The van der Waals surface area contributed by atoms with Crippen molar-refractivity contribution in [2.24, 2.45) is 0 Å². The molecule has 5 rings (SSSR count). The number of nitrogens with one attached hydrogen (secondary N) is 2. The first kappa shape index (κ1) is 29.6. The van der Waals surface area contributed by atoms with Crippen LogP contribution in [0.4, 0.5) is 0 Å². The number of benzene rings is 1. The molecule has 14 heteroatoms. The summed E-state index contributed by atoms with van der Waals surface area (Å²) < 4.78 is 6.46. The Bertz CT molecular complexity index is 1380. The summed E-state index contributed by atoms with van der Waals surface area (Å²) in [6, 6.07) is 9.19. The van der Waals surface area contributed by atoms with E-state index in [1.807, 2.05) is 45.1 Å². The van der Waals surface area contributed by atoms with Crippen molar-refractivity contribution in [1.29, 1.82) is 0 Å². The minimum Gasteiger partial charge on any atom is -0.387 e. The number of carbonyl (C=O) groups excluding carboxylic acids is 3. The average molecular weight is 585 g/mol. The van der Waals surface area contributed by atoms with Crippen LogP contribution in [0, 0.1) is 0 Å². The van der Waals surface area contributed by atoms with Gasteiger partial charge >= 0.3 is 5.69 Å². The number of hydrogen-bond donors (Lipinski definition) is 4. The maximum Gasteiger partial charge on any atom is 0.330 e. The highest BCUT2D eigenvalue weighted by atomic mass is 16.6. The number of hydrogen-bond acceptors (Lipinski definition) is 9. The number of ether oxygens (including phenoxy) is 1. The predicted octanol–water partition coefficient (Wildman–Crippen LogP) is -2.35. The summed E-state index contributed by atoms with van der Waals surface area (Å²) in [4.78, 5) is 70.8. The molecule has 0 unspecified atom stereocenters. The van der Waals surface area contributed by atoms with E-state index < -0.39 is 47.7 Å². The average Bonchev–Trinajstić information content (AvgIpc) is 3.63. The molecule has 3 fully saturated rings. The van der Waals surface area contributed by atoms with Gasteiger partial charge in [0, 0.05) is 58.0 Å². The Morgan fingerprint density at radius 1 is 0.929 bits per heavy atom. The summed E-state index contributed by atoms with van der Waals surface area (Å²) in [5.74, 6) is -1.05. The molecule has 3 saturated heterocycles. The third-order valence-electron chi connectivity index (χ3n) is 8.02. The maximum atomic E-state index is 13.7. The largest absolute Gasteiger partial charge is 0.387 e. The summed E-state index contributed by atoms with van der Waals surface area (Å²) in [5, 5.41) is 23.9. The van der Waals surface area contributed by atoms with Crippen molar-refractivity contribution < 1.29 is 29.3 Å². The van der Waals surface area contributed by atoms with E-state index in [2.05, 4.69) is 5.32 Å². The molecule has 4 heterocycles. The second-order valence-electron chi connectivity index (χ2n) is 10.9. The zero-order valence-electron chi connectivity index (χ0n) is 23.1. The number of rotatable bonds is 8. The van der Waals surface area contributed by atoms with Crippen LogP contribution in [0.1, 0.15) is 24.6 Å². The zero-order chi connectivity index (χ0) is 29.8. The Kier molecular flexibility index (Phi) is 9.16. The van der Waals surface area contributed by atoms with Crippen LogP contribution >= 0.6 is 0 Å². The van der Waals surface area contributed by atoms with E-state index in [1.165, 1.54) is 0 Å². The van der Waals surface area contributed by atoms with E-state index in [1.54, 1.807) is 4.90 Å². The molecular formula is C28H36N6O8. The summed E-state index contributed by atoms with van der Waals surface area (Å²) in [7, 11) is 0. The lowest BCUT2D eigenvalue weighted by Gasteiger charge is -2.37. The number of aliphatic hydroxyl groups is 2. The topological polar surface area (TPSA) is 178 Å². The minimum atomic E-state index is -1.70. The molecule has 1 aromatic carbocycles. The molecule has 0 bridgehead atoms. The van der Waals surface area contributed by atoms with Gasteiger partial charge in [0.15, 0.2) is 12.3 Å². The van der Waals surface area contributed by atoms with E-state index in [-0.39, 0.29) is 18.2 Å². The normalized spacial score (nSPS) is 25.4. The second kappa shape index (κ2) is 13.0. The molecule has 2 aromatic rings. The lowest BCUT2D eigenvalue weighted by Crippen LogP contribution is -2.58.